The zero-order chi connectivity index (χ0) is 15.9. The summed E-state index contributed by atoms with van der Waals surface area (Å²) in [6.45, 7) is 1.41. The summed E-state index contributed by atoms with van der Waals surface area (Å²) in [5, 5.41) is 7.75. The fourth-order valence-corrected chi connectivity index (χ4v) is 3.53. The van der Waals surface area contributed by atoms with Crippen LogP contribution in [-0.2, 0) is 13.5 Å². The minimum Gasteiger partial charge on any atom is -0.487 e. The Morgan fingerprint density at radius 1 is 1.22 bits per heavy atom. The van der Waals surface area contributed by atoms with Gasteiger partial charge in [-0.05, 0) is 24.5 Å². The smallest absolute Gasteiger partial charge is 0.276 e. The largest absolute Gasteiger partial charge is 0.487 e. The van der Waals surface area contributed by atoms with E-state index in [2.05, 4.69) is 22.4 Å². The number of benzene rings is 1. The van der Waals surface area contributed by atoms with Gasteiger partial charge in [0.15, 0.2) is 5.69 Å². The molecule has 4 rings (SSSR count). The van der Waals surface area contributed by atoms with Crippen molar-refractivity contribution in [2.75, 3.05) is 13.1 Å². The van der Waals surface area contributed by atoms with Gasteiger partial charge in [0, 0.05) is 33.0 Å². The first kappa shape index (κ1) is 14.2. The van der Waals surface area contributed by atoms with Gasteiger partial charge in [0.25, 0.3) is 5.91 Å². The molecule has 1 fully saturated rings. The lowest BCUT2D eigenvalue weighted by molar-refractivity contribution is -0.0108. The Labute approximate surface area is 135 Å². The zero-order valence-corrected chi connectivity index (χ0v) is 13.2. The molecule has 2 aromatic rings. The molecule has 1 aromatic heterocycles. The van der Waals surface area contributed by atoms with E-state index in [9.17, 15) is 4.79 Å². The Balaban J connectivity index is 1.44. The van der Waals surface area contributed by atoms with Crippen LogP contribution in [0.25, 0.3) is 0 Å². The van der Waals surface area contributed by atoms with Gasteiger partial charge < -0.3 is 9.64 Å². The number of ether oxygens (including phenoxy) is 1. The molecule has 3 heterocycles. The van der Waals surface area contributed by atoms with E-state index in [1.165, 1.54) is 5.56 Å². The van der Waals surface area contributed by atoms with Gasteiger partial charge in [-0.25, -0.2) is 0 Å². The molecule has 0 saturated carbocycles. The number of likely N-dealkylation sites (tertiary alicyclic amines) is 1. The molecule has 6 nitrogen and oxygen atoms in total. The van der Waals surface area contributed by atoms with Crippen LogP contribution in [0, 0.1) is 0 Å². The summed E-state index contributed by atoms with van der Waals surface area (Å²) in [6, 6.07) is 8.26. The van der Waals surface area contributed by atoms with Crippen molar-refractivity contribution in [3.63, 3.8) is 0 Å². The highest BCUT2D eigenvalue weighted by molar-refractivity contribution is 5.92. The number of para-hydroxylation sites is 1. The highest BCUT2D eigenvalue weighted by atomic mass is 16.5. The summed E-state index contributed by atoms with van der Waals surface area (Å²) in [5.74, 6) is 0.969. The quantitative estimate of drug-likeness (QED) is 0.806. The molecule has 120 valence electrons. The number of aryl methyl sites for hydroxylation is 2. The molecule has 1 amide bonds. The second kappa shape index (κ2) is 5.37. The predicted octanol–water partition coefficient (Wildman–Crippen LogP) is 1.82. The number of carbonyl (C=O) groups excluding carboxylic acids is 1. The van der Waals surface area contributed by atoms with Crippen molar-refractivity contribution >= 4 is 5.91 Å². The summed E-state index contributed by atoms with van der Waals surface area (Å²) in [6.07, 6.45) is 5.48. The van der Waals surface area contributed by atoms with E-state index in [4.69, 9.17) is 4.74 Å². The average Bonchev–Trinajstić information content (AvgIpc) is 3.01. The number of hydrogen-bond acceptors (Lipinski definition) is 4. The number of rotatable bonds is 1. The molecule has 23 heavy (non-hydrogen) atoms. The minimum atomic E-state index is -0.118. The first-order chi connectivity index (χ1) is 11.2. The summed E-state index contributed by atoms with van der Waals surface area (Å²) in [5.41, 5.74) is 1.59. The second-order valence-electron chi connectivity index (χ2n) is 6.46. The van der Waals surface area contributed by atoms with Gasteiger partial charge in [-0.1, -0.05) is 23.4 Å². The maximum Gasteiger partial charge on any atom is 0.276 e. The molecule has 0 aliphatic carbocycles. The second-order valence-corrected chi connectivity index (χ2v) is 6.46. The van der Waals surface area contributed by atoms with Gasteiger partial charge in [-0.15, -0.1) is 5.10 Å². The van der Waals surface area contributed by atoms with Gasteiger partial charge in [0.05, 0.1) is 6.20 Å². The molecule has 1 saturated heterocycles. The molecule has 0 N–H and O–H groups in total. The van der Waals surface area contributed by atoms with E-state index >= 15 is 0 Å². The first-order valence-corrected chi connectivity index (χ1v) is 8.08. The SMILES string of the molecule is Cn1cc(C(=O)N2CCC3(CCc4ccccc4O3)CC2)nn1. The van der Waals surface area contributed by atoms with Crippen LogP contribution in [0.2, 0.25) is 0 Å². The van der Waals surface area contributed by atoms with Crippen LogP contribution in [-0.4, -0.2) is 44.5 Å². The van der Waals surface area contributed by atoms with Gasteiger partial charge in [-0.3, -0.25) is 9.48 Å². The molecular weight excluding hydrogens is 292 g/mol. The van der Waals surface area contributed by atoms with Crippen molar-refractivity contribution in [2.45, 2.75) is 31.3 Å². The Morgan fingerprint density at radius 2 is 2.00 bits per heavy atom. The fraction of sp³-hybridized carbons (Fsp3) is 0.471. The zero-order valence-electron chi connectivity index (χ0n) is 13.2. The van der Waals surface area contributed by atoms with Gasteiger partial charge in [0.2, 0.25) is 0 Å². The lowest BCUT2D eigenvalue weighted by atomic mass is 9.83. The highest BCUT2D eigenvalue weighted by Gasteiger charge is 2.40. The van der Waals surface area contributed by atoms with Crippen LogP contribution in [0.4, 0.5) is 0 Å². The Hall–Kier alpha value is -2.37. The Morgan fingerprint density at radius 3 is 2.74 bits per heavy atom. The average molecular weight is 312 g/mol. The maximum atomic E-state index is 12.5. The molecule has 0 unspecified atom stereocenters. The summed E-state index contributed by atoms with van der Waals surface area (Å²) in [4.78, 5) is 14.3. The molecule has 0 atom stereocenters. The minimum absolute atomic E-state index is 0.0378. The standard InChI is InChI=1S/C17H20N4O2/c1-20-12-14(18-19-20)16(22)21-10-8-17(9-11-21)7-6-13-4-2-3-5-15(13)23-17/h2-5,12H,6-11H2,1H3. The third-order valence-corrected chi connectivity index (χ3v) is 4.93. The number of amides is 1. The number of nitrogens with zero attached hydrogens (tertiary/aromatic N) is 4. The Bertz CT molecular complexity index is 732. The molecule has 2 aliphatic rings. The van der Waals surface area contributed by atoms with E-state index < -0.39 is 0 Å². The lowest BCUT2D eigenvalue weighted by Crippen LogP contribution is -2.51. The number of carbonyl (C=O) groups is 1. The van der Waals surface area contributed by atoms with E-state index in [-0.39, 0.29) is 11.5 Å². The number of piperidine rings is 1. The highest BCUT2D eigenvalue weighted by Crippen LogP contribution is 2.39. The van der Waals surface area contributed by atoms with Crippen LogP contribution in [0.3, 0.4) is 0 Å². The number of hydrogen-bond donors (Lipinski definition) is 0. The van der Waals surface area contributed by atoms with Crippen molar-refractivity contribution in [1.29, 1.82) is 0 Å². The van der Waals surface area contributed by atoms with E-state index in [0.717, 1.165) is 31.4 Å². The Kier molecular flexibility index (Phi) is 3.32. The first-order valence-electron chi connectivity index (χ1n) is 8.08. The lowest BCUT2D eigenvalue weighted by Gasteiger charge is -2.44. The third-order valence-electron chi connectivity index (χ3n) is 4.93. The van der Waals surface area contributed by atoms with Crippen LogP contribution < -0.4 is 4.74 Å². The molecule has 1 spiro atoms. The number of aromatic nitrogens is 3. The van der Waals surface area contributed by atoms with Crippen molar-refractivity contribution in [3.8, 4) is 5.75 Å². The molecule has 0 bridgehead atoms. The third kappa shape index (κ3) is 2.58. The van der Waals surface area contributed by atoms with Crippen molar-refractivity contribution < 1.29 is 9.53 Å². The molecule has 2 aliphatic heterocycles. The van der Waals surface area contributed by atoms with Gasteiger partial charge in [0.1, 0.15) is 11.4 Å². The number of fused-ring (bicyclic) bond motifs is 1. The van der Waals surface area contributed by atoms with Crippen LogP contribution >= 0.6 is 0 Å². The summed E-state index contributed by atoms with van der Waals surface area (Å²) < 4.78 is 7.88. The van der Waals surface area contributed by atoms with Crippen molar-refractivity contribution in [2.24, 2.45) is 7.05 Å². The van der Waals surface area contributed by atoms with Crippen molar-refractivity contribution in [3.05, 3.63) is 41.7 Å². The van der Waals surface area contributed by atoms with Gasteiger partial charge in [-0.2, -0.15) is 0 Å². The van der Waals surface area contributed by atoms with E-state index in [1.54, 1.807) is 17.9 Å². The van der Waals surface area contributed by atoms with Gasteiger partial charge >= 0.3 is 0 Å². The molecule has 6 heteroatoms. The van der Waals surface area contributed by atoms with Crippen LogP contribution in [0.5, 0.6) is 5.75 Å². The summed E-state index contributed by atoms with van der Waals surface area (Å²) in [7, 11) is 1.77. The maximum absolute atomic E-state index is 12.5. The summed E-state index contributed by atoms with van der Waals surface area (Å²) >= 11 is 0. The van der Waals surface area contributed by atoms with E-state index in [0.29, 0.717) is 18.8 Å². The predicted molar refractivity (Wildman–Crippen MR) is 84.3 cm³/mol. The normalized spacial score (nSPS) is 19.3. The monoisotopic (exact) mass is 312 g/mol. The van der Waals surface area contributed by atoms with Crippen molar-refractivity contribution in [1.82, 2.24) is 19.9 Å². The fourth-order valence-electron chi connectivity index (χ4n) is 3.53. The topological polar surface area (TPSA) is 60.2 Å². The van der Waals surface area contributed by atoms with Crippen LogP contribution in [0.1, 0.15) is 35.3 Å². The molecule has 1 aromatic carbocycles. The van der Waals surface area contributed by atoms with E-state index in [1.807, 2.05) is 17.0 Å². The molecule has 0 radical (unpaired) electrons. The van der Waals surface area contributed by atoms with Crippen LogP contribution in [0.15, 0.2) is 30.5 Å². The molecular formula is C17H20N4O2.